The number of carboxylic acid groups (broad SMARTS) is 1. The number of aromatic nitrogens is 5. The lowest BCUT2D eigenvalue weighted by Crippen LogP contribution is -1.97. The van der Waals surface area contributed by atoms with E-state index in [1.165, 1.54) is 17.2 Å². The predicted octanol–water partition coefficient (Wildman–Crippen LogP) is 0.451. The average Bonchev–Trinajstić information content (AvgIpc) is 2.71. The summed E-state index contributed by atoms with van der Waals surface area (Å²) in [5, 5.41) is 22.1. The summed E-state index contributed by atoms with van der Waals surface area (Å²) in [6, 6.07) is 0. The van der Waals surface area contributed by atoms with Crippen LogP contribution in [0.3, 0.4) is 0 Å². The van der Waals surface area contributed by atoms with Crippen molar-refractivity contribution in [1.82, 2.24) is 25.0 Å². The van der Waals surface area contributed by atoms with Crippen LogP contribution in [0.15, 0.2) is 17.1 Å². The van der Waals surface area contributed by atoms with Crippen LogP contribution in [0.25, 0.3) is 5.82 Å². The number of hydrogen-bond acceptors (Lipinski definition) is 4. The third-order valence-corrected chi connectivity index (χ3v) is 2.32. The van der Waals surface area contributed by atoms with Crippen LogP contribution in [0.2, 0.25) is 0 Å². The molecule has 0 unspecified atom stereocenters. The van der Waals surface area contributed by atoms with E-state index in [2.05, 4.69) is 36.3 Å². The predicted molar refractivity (Wildman–Crippen MR) is 48.2 cm³/mol. The maximum absolute atomic E-state index is 10.7. The van der Waals surface area contributed by atoms with Gasteiger partial charge in [-0.2, -0.15) is 5.10 Å². The highest BCUT2D eigenvalue weighted by atomic mass is 79.9. The molecule has 8 heteroatoms. The summed E-state index contributed by atoms with van der Waals surface area (Å²) in [6.07, 6.45) is 2.85. The number of nitrogens with one attached hydrogen (secondary N) is 1. The van der Waals surface area contributed by atoms with Gasteiger partial charge >= 0.3 is 5.97 Å². The van der Waals surface area contributed by atoms with Crippen molar-refractivity contribution in [3.63, 3.8) is 0 Å². The van der Waals surface area contributed by atoms with Crippen LogP contribution in [0.4, 0.5) is 0 Å². The van der Waals surface area contributed by atoms with E-state index in [0.29, 0.717) is 10.3 Å². The minimum Gasteiger partial charge on any atom is -0.476 e. The van der Waals surface area contributed by atoms with E-state index in [1.807, 2.05) is 0 Å². The van der Waals surface area contributed by atoms with Crippen LogP contribution >= 0.6 is 15.9 Å². The molecule has 2 aromatic rings. The summed E-state index contributed by atoms with van der Waals surface area (Å²) in [7, 11) is 0. The van der Waals surface area contributed by atoms with Gasteiger partial charge < -0.3 is 5.11 Å². The Hall–Kier alpha value is -1.70. The van der Waals surface area contributed by atoms with Crippen molar-refractivity contribution in [3.8, 4) is 5.82 Å². The Morgan fingerprint density at radius 1 is 1.50 bits per heavy atom. The summed E-state index contributed by atoms with van der Waals surface area (Å²) in [5.41, 5.74) is -0.00583. The highest BCUT2D eigenvalue weighted by Crippen LogP contribution is 2.21. The van der Waals surface area contributed by atoms with Crippen molar-refractivity contribution in [2.75, 3.05) is 0 Å². The lowest BCUT2D eigenvalue weighted by atomic mass is 10.4. The first-order valence-corrected chi connectivity index (χ1v) is 4.31. The largest absolute Gasteiger partial charge is 0.476 e. The number of hydrogen-bond donors (Lipinski definition) is 2. The number of rotatable bonds is 2. The molecule has 0 amide bonds. The molecule has 0 fully saturated rings. The Morgan fingerprint density at radius 3 is 2.64 bits per heavy atom. The molecule has 2 aromatic heterocycles. The molecule has 0 saturated carbocycles. The molecule has 72 valence electrons. The van der Waals surface area contributed by atoms with Gasteiger partial charge in [0.25, 0.3) is 0 Å². The molecule has 0 radical (unpaired) electrons. The zero-order valence-electron chi connectivity index (χ0n) is 6.68. The summed E-state index contributed by atoms with van der Waals surface area (Å²) in [4.78, 5) is 10.7. The molecule has 0 bridgehead atoms. The smallest absolute Gasteiger partial charge is 0.355 e. The molecule has 14 heavy (non-hydrogen) atoms. The molecular formula is C6H4BrN5O2. The number of halogens is 1. The van der Waals surface area contributed by atoms with Gasteiger partial charge in [0.05, 0.1) is 4.47 Å². The number of aromatic carboxylic acids is 1. The molecule has 2 rings (SSSR count). The van der Waals surface area contributed by atoms with Gasteiger partial charge in [-0.1, -0.05) is 0 Å². The summed E-state index contributed by atoms with van der Waals surface area (Å²) >= 11 is 3.12. The summed E-state index contributed by atoms with van der Waals surface area (Å²) < 4.78 is 1.86. The second-order valence-corrected chi connectivity index (χ2v) is 3.20. The van der Waals surface area contributed by atoms with Gasteiger partial charge in [0.2, 0.25) is 0 Å². The van der Waals surface area contributed by atoms with Crippen molar-refractivity contribution in [1.29, 1.82) is 0 Å². The quantitative estimate of drug-likeness (QED) is 0.815. The van der Waals surface area contributed by atoms with Gasteiger partial charge in [-0.05, 0) is 15.9 Å². The topological polar surface area (TPSA) is 96.7 Å². The van der Waals surface area contributed by atoms with E-state index in [1.54, 1.807) is 0 Å². The van der Waals surface area contributed by atoms with Gasteiger partial charge in [-0.15, -0.1) is 10.2 Å². The second-order valence-electron chi connectivity index (χ2n) is 2.41. The van der Waals surface area contributed by atoms with Crippen molar-refractivity contribution in [2.45, 2.75) is 0 Å². The Kier molecular flexibility index (Phi) is 2.04. The zero-order chi connectivity index (χ0) is 10.1. The fourth-order valence-corrected chi connectivity index (χ4v) is 1.49. The zero-order valence-corrected chi connectivity index (χ0v) is 8.26. The highest BCUT2D eigenvalue weighted by Gasteiger charge is 2.17. The minimum atomic E-state index is -1.08. The van der Waals surface area contributed by atoms with E-state index in [4.69, 9.17) is 5.11 Å². The normalized spacial score (nSPS) is 10.4. The standard InChI is InChI=1S/C6H4BrN5O2/c7-3-4(6(13)14)10-11-5(3)12-1-8-9-2-12/h1-2H,(H,10,11)(H,13,14). The van der Waals surface area contributed by atoms with Crippen LogP contribution in [0.5, 0.6) is 0 Å². The van der Waals surface area contributed by atoms with E-state index in [-0.39, 0.29) is 5.69 Å². The number of carboxylic acids is 1. The molecule has 0 aliphatic rings. The summed E-state index contributed by atoms with van der Waals surface area (Å²) in [6.45, 7) is 0. The van der Waals surface area contributed by atoms with E-state index < -0.39 is 5.97 Å². The van der Waals surface area contributed by atoms with Gasteiger partial charge in [0.15, 0.2) is 11.5 Å². The number of nitrogens with zero attached hydrogens (tertiary/aromatic N) is 4. The number of carbonyl (C=O) groups is 1. The van der Waals surface area contributed by atoms with Gasteiger partial charge in [0.1, 0.15) is 12.7 Å². The molecule has 2 N–H and O–H groups in total. The highest BCUT2D eigenvalue weighted by molar-refractivity contribution is 9.10. The Bertz CT molecular complexity index is 463. The van der Waals surface area contributed by atoms with Crippen molar-refractivity contribution in [2.24, 2.45) is 0 Å². The molecule has 0 aliphatic carbocycles. The fraction of sp³-hybridized carbons (Fsp3) is 0. The second kappa shape index (κ2) is 3.22. The molecule has 2 heterocycles. The maximum atomic E-state index is 10.7. The molecule has 0 saturated heterocycles. The minimum absolute atomic E-state index is 0.00583. The fourth-order valence-electron chi connectivity index (χ4n) is 0.942. The van der Waals surface area contributed by atoms with Crippen LogP contribution in [-0.2, 0) is 0 Å². The van der Waals surface area contributed by atoms with Gasteiger partial charge in [-0.25, -0.2) is 4.79 Å². The van der Waals surface area contributed by atoms with Crippen LogP contribution in [0.1, 0.15) is 10.5 Å². The van der Waals surface area contributed by atoms with E-state index in [0.717, 1.165) is 0 Å². The number of aromatic amines is 1. The van der Waals surface area contributed by atoms with E-state index in [9.17, 15) is 4.79 Å². The van der Waals surface area contributed by atoms with Gasteiger partial charge in [0, 0.05) is 0 Å². The van der Waals surface area contributed by atoms with Crippen LogP contribution in [-0.4, -0.2) is 36.0 Å². The third kappa shape index (κ3) is 1.29. The SMILES string of the molecule is O=C(O)c1[nH]nc(-n2cnnc2)c1Br. The van der Waals surface area contributed by atoms with Crippen LogP contribution in [0, 0.1) is 0 Å². The monoisotopic (exact) mass is 257 g/mol. The molecule has 0 spiro atoms. The van der Waals surface area contributed by atoms with Crippen molar-refractivity contribution in [3.05, 3.63) is 22.8 Å². The molecule has 0 aliphatic heterocycles. The van der Waals surface area contributed by atoms with Crippen molar-refractivity contribution < 1.29 is 9.90 Å². The Balaban J connectivity index is 2.52. The van der Waals surface area contributed by atoms with Crippen molar-refractivity contribution >= 4 is 21.9 Å². The Labute approximate surface area is 85.9 Å². The Morgan fingerprint density at radius 2 is 2.14 bits per heavy atom. The lowest BCUT2D eigenvalue weighted by Gasteiger charge is -1.94. The molecule has 7 nitrogen and oxygen atoms in total. The third-order valence-electron chi connectivity index (χ3n) is 1.57. The first-order chi connectivity index (χ1) is 6.70. The van der Waals surface area contributed by atoms with Crippen LogP contribution < -0.4 is 0 Å². The number of H-pyrrole nitrogens is 1. The maximum Gasteiger partial charge on any atom is 0.355 e. The lowest BCUT2D eigenvalue weighted by molar-refractivity contribution is 0.0689. The molecule has 0 atom stereocenters. The first-order valence-electron chi connectivity index (χ1n) is 3.52. The average molecular weight is 258 g/mol. The van der Waals surface area contributed by atoms with E-state index >= 15 is 0 Å². The van der Waals surface area contributed by atoms with Gasteiger partial charge in [-0.3, -0.25) is 9.67 Å². The molecular weight excluding hydrogens is 254 g/mol. The summed E-state index contributed by atoms with van der Waals surface area (Å²) in [5.74, 6) is -0.670. The first kappa shape index (κ1) is 8.88. The molecule has 0 aromatic carbocycles.